The first-order valence-electron chi connectivity index (χ1n) is 11.4. The molecule has 0 bridgehead atoms. The number of carbonyl (C=O) groups excluding carboxylic acids is 1. The fourth-order valence-corrected chi connectivity index (χ4v) is 4.08. The molecular formula is C28H26F3N3O2. The van der Waals surface area contributed by atoms with E-state index in [1.165, 1.54) is 36.5 Å². The van der Waals surface area contributed by atoms with Crippen LogP contribution >= 0.6 is 0 Å². The highest BCUT2D eigenvalue weighted by molar-refractivity contribution is 5.77. The molecule has 0 spiro atoms. The molecule has 8 heteroatoms. The van der Waals surface area contributed by atoms with E-state index >= 15 is 0 Å². The number of halogens is 3. The Morgan fingerprint density at radius 1 is 0.944 bits per heavy atom. The van der Waals surface area contributed by atoms with Gasteiger partial charge < -0.3 is 4.74 Å². The number of hydrogen-bond donors (Lipinski definition) is 0. The lowest BCUT2D eigenvalue weighted by Crippen LogP contribution is -2.25. The minimum atomic E-state index is -0.686. The molecule has 2 aromatic carbocycles. The third-order valence-corrected chi connectivity index (χ3v) is 5.63. The molecule has 0 amide bonds. The van der Waals surface area contributed by atoms with Crippen molar-refractivity contribution < 1.29 is 22.7 Å². The summed E-state index contributed by atoms with van der Waals surface area (Å²) in [7, 11) is 0. The Bertz CT molecular complexity index is 1330. The van der Waals surface area contributed by atoms with Gasteiger partial charge in [0, 0.05) is 29.1 Å². The minimum Gasteiger partial charge on any atom is -0.460 e. The number of hydrogen-bond acceptors (Lipinski definition) is 4. The third-order valence-electron chi connectivity index (χ3n) is 5.63. The molecule has 0 aliphatic carbocycles. The van der Waals surface area contributed by atoms with E-state index in [2.05, 4.69) is 4.98 Å². The Morgan fingerprint density at radius 3 is 2.00 bits per heavy atom. The third kappa shape index (κ3) is 5.64. The zero-order valence-electron chi connectivity index (χ0n) is 20.4. The van der Waals surface area contributed by atoms with Crippen LogP contribution in [0.25, 0.3) is 11.3 Å². The first kappa shape index (κ1) is 25.2. The summed E-state index contributed by atoms with van der Waals surface area (Å²) in [6.45, 7) is 7.13. The van der Waals surface area contributed by atoms with Crippen LogP contribution in [0.4, 0.5) is 13.2 Å². The molecular weight excluding hydrogens is 467 g/mol. The van der Waals surface area contributed by atoms with Crippen molar-refractivity contribution in [2.24, 2.45) is 0 Å². The maximum Gasteiger partial charge on any atom is 0.310 e. The molecule has 0 saturated carbocycles. The normalized spacial score (nSPS) is 11.7. The van der Waals surface area contributed by atoms with Crippen LogP contribution in [0.2, 0.25) is 0 Å². The van der Waals surface area contributed by atoms with Crippen molar-refractivity contribution in [1.82, 2.24) is 14.8 Å². The van der Waals surface area contributed by atoms with Crippen LogP contribution in [0.3, 0.4) is 0 Å². The summed E-state index contributed by atoms with van der Waals surface area (Å²) in [6.07, 6.45) is 1.23. The van der Waals surface area contributed by atoms with Gasteiger partial charge in [-0.3, -0.25) is 9.48 Å². The van der Waals surface area contributed by atoms with E-state index in [4.69, 9.17) is 9.84 Å². The Morgan fingerprint density at radius 2 is 1.50 bits per heavy atom. The van der Waals surface area contributed by atoms with E-state index in [-0.39, 0.29) is 6.42 Å². The van der Waals surface area contributed by atoms with Crippen molar-refractivity contribution in [1.29, 1.82) is 0 Å². The van der Waals surface area contributed by atoms with Gasteiger partial charge in [-0.25, -0.2) is 13.8 Å². The van der Waals surface area contributed by atoms with Crippen LogP contribution < -0.4 is 0 Å². The zero-order chi connectivity index (χ0) is 26.0. The zero-order valence-corrected chi connectivity index (χ0v) is 20.4. The fourth-order valence-electron chi connectivity index (χ4n) is 4.08. The summed E-state index contributed by atoms with van der Waals surface area (Å²) in [5.74, 6) is -1.93. The lowest BCUT2D eigenvalue weighted by atomic mass is 9.98. The molecule has 4 rings (SSSR count). The smallest absolute Gasteiger partial charge is 0.310 e. The summed E-state index contributed by atoms with van der Waals surface area (Å²) in [5, 5.41) is 4.80. The average Bonchev–Trinajstić information content (AvgIpc) is 3.11. The lowest BCUT2D eigenvalue weighted by Gasteiger charge is -2.21. The Kier molecular flexibility index (Phi) is 6.97. The quantitative estimate of drug-likeness (QED) is 0.237. The first-order chi connectivity index (χ1) is 17.0. The van der Waals surface area contributed by atoms with Crippen molar-refractivity contribution in [2.45, 2.75) is 45.8 Å². The van der Waals surface area contributed by atoms with Gasteiger partial charge in [0.05, 0.1) is 12.1 Å². The predicted octanol–water partition coefficient (Wildman–Crippen LogP) is 6.19. The maximum absolute atomic E-state index is 14.0. The summed E-state index contributed by atoms with van der Waals surface area (Å²) in [5.41, 5.74) is 2.74. The second kappa shape index (κ2) is 9.97. The SMILES string of the molecule is Cc1c(CC(=O)OC(C)(C)C)c(-c2ccnc(F)c2)nn1C(c1ccc(F)cc1)c1ccc(F)cc1. The standard InChI is InChI=1S/C28H26F3N3O2/c1-17-23(16-25(35)36-28(2,3)4)26(20-13-14-32-24(31)15-20)33-34(17)27(18-5-9-21(29)10-6-18)19-7-11-22(30)12-8-19/h5-15,27H,16H2,1-4H3. The number of pyridine rings is 1. The van der Waals surface area contributed by atoms with Crippen LogP contribution in [-0.2, 0) is 16.0 Å². The molecule has 2 heterocycles. The number of ether oxygens (including phenoxy) is 1. The highest BCUT2D eigenvalue weighted by atomic mass is 19.1. The monoisotopic (exact) mass is 493 g/mol. The van der Waals surface area contributed by atoms with E-state index in [1.54, 1.807) is 62.7 Å². The highest BCUT2D eigenvalue weighted by Crippen LogP contribution is 2.34. The van der Waals surface area contributed by atoms with Crippen molar-refractivity contribution in [2.75, 3.05) is 0 Å². The van der Waals surface area contributed by atoms with Crippen molar-refractivity contribution >= 4 is 5.97 Å². The molecule has 186 valence electrons. The van der Waals surface area contributed by atoms with Crippen LogP contribution in [0.5, 0.6) is 0 Å². The van der Waals surface area contributed by atoms with Crippen molar-refractivity contribution in [3.8, 4) is 11.3 Å². The fraction of sp³-hybridized carbons (Fsp3) is 0.250. The number of aromatic nitrogens is 3. The molecule has 0 saturated heterocycles. The molecule has 0 radical (unpaired) electrons. The van der Waals surface area contributed by atoms with Crippen LogP contribution in [-0.4, -0.2) is 26.3 Å². The van der Waals surface area contributed by atoms with E-state index in [0.29, 0.717) is 33.6 Å². The van der Waals surface area contributed by atoms with Gasteiger partial charge in [-0.05, 0) is 69.2 Å². The van der Waals surface area contributed by atoms with Crippen LogP contribution in [0.15, 0.2) is 66.9 Å². The van der Waals surface area contributed by atoms with Crippen molar-refractivity contribution in [3.05, 3.63) is 107 Å². The number of carbonyl (C=O) groups is 1. The molecule has 5 nitrogen and oxygen atoms in total. The number of rotatable bonds is 6. The second-order valence-corrected chi connectivity index (χ2v) is 9.49. The second-order valence-electron chi connectivity index (χ2n) is 9.49. The van der Waals surface area contributed by atoms with Gasteiger partial charge in [-0.15, -0.1) is 0 Å². The summed E-state index contributed by atoms with van der Waals surface area (Å²) < 4.78 is 48.7. The van der Waals surface area contributed by atoms with Crippen LogP contribution in [0.1, 0.15) is 49.2 Å². The molecule has 0 fully saturated rings. The van der Waals surface area contributed by atoms with Crippen LogP contribution in [0, 0.1) is 24.5 Å². The maximum atomic E-state index is 14.0. The number of esters is 1. The molecule has 4 aromatic rings. The number of benzene rings is 2. The molecule has 0 aliphatic heterocycles. The van der Waals surface area contributed by atoms with Gasteiger partial charge in [0.25, 0.3) is 0 Å². The van der Waals surface area contributed by atoms with Gasteiger partial charge in [0.2, 0.25) is 5.95 Å². The van der Waals surface area contributed by atoms with Crippen molar-refractivity contribution in [3.63, 3.8) is 0 Å². The average molecular weight is 494 g/mol. The molecule has 0 unspecified atom stereocenters. The molecule has 36 heavy (non-hydrogen) atoms. The highest BCUT2D eigenvalue weighted by Gasteiger charge is 2.27. The van der Waals surface area contributed by atoms with Gasteiger partial charge in [0.1, 0.15) is 23.3 Å². The summed E-state index contributed by atoms with van der Waals surface area (Å²) in [4.78, 5) is 16.4. The van der Waals surface area contributed by atoms with E-state index < -0.39 is 35.2 Å². The van der Waals surface area contributed by atoms with Gasteiger partial charge in [-0.1, -0.05) is 24.3 Å². The Balaban J connectivity index is 1.91. The lowest BCUT2D eigenvalue weighted by molar-refractivity contribution is -0.153. The first-order valence-corrected chi connectivity index (χ1v) is 11.4. The van der Waals surface area contributed by atoms with Gasteiger partial charge >= 0.3 is 5.97 Å². The predicted molar refractivity (Wildman–Crippen MR) is 130 cm³/mol. The Hall–Kier alpha value is -3.94. The Labute approximate surface area is 207 Å². The molecule has 2 aromatic heterocycles. The van der Waals surface area contributed by atoms with E-state index in [9.17, 15) is 18.0 Å². The topological polar surface area (TPSA) is 57.0 Å². The number of nitrogens with zero attached hydrogens (tertiary/aromatic N) is 3. The largest absolute Gasteiger partial charge is 0.460 e. The molecule has 0 atom stereocenters. The summed E-state index contributed by atoms with van der Waals surface area (Å²) >= 11 is 0. The summed E-state index contributed by atoms with van der Waals surface area (Å²) in [6, 6.07) is 14.2. The van der Waals surface area contributed by atoms with E-state index in [1.807, 2.05) is 0 Å². The molecule has 0 aliphatic rings. The van der Waals surface area contributed by atoms with Gasteiger partial charge in [0.15, 0.2) is 0 Å². The minimum absolute atomic E-state index is 0.0953. The molecule has 0 N–H and O–H groups in total. The van der Waals surface area contributed by atoms with Gasteiger partial charge in [-0.2, -0.15) is 9.49 Å². The van der Waals surface area contributed by atoms with E-state index in [0.717, 1.165) is 0 Å².